The predicted molar refractivity (Wildman–Crippen MR) is 91.5 cm³/mol. The SMILES string of the molecule is CC.CS(=N)c1nc(N)c2[nH]c(=O)n(Cc3ccncc3)c2n1. The summed E-state index contributed by atoms with van der Waals surface area (Å²) < 4.78 is 9.22. The zero-order valence-corrected chi connectivity index (χ0v) is 14.0. The molecule has 0 aliphatic carbocycles. The molecule has 3 aromatic rings. The Hall–Kier alpha value is -2.55. The van der Waals surface area contributed by atoms with Crippen molar-refractivity contribution in [1.29, 1.82) is 4.78 Å². The van der Waals surface area contributed by atoms with E-state index in [4.69, 9.17) is 10.5 Å². The summed E-state index contributed by atoms with van der Waals surface area (Å²) in [4.78, 5) is 27.1. The molecule has 0 amide bonds. The number of aromatic nitrogens is 5. The van der Waals surface area contributed by atoms with Crippen molar-refractivity contribution in [2.24, 2.45) is 0 Å². The van der Waals surface area contributed by atoms with E-state index in [1.165, 1.54) is 4.57 Å². The second-order valence-electron chi connectivity index (χ2n) is 4.47. The Morgan fingerprint density at radius 1 is 1.30 bits per heavy atom. The quantitative estimate of drug-likeness (QED) is 0.627. The highest BCUT2D eigenvalue weighted by Crippen LogP contribution is 2.16. The van der Waals surface area contributed by atoms with Gasteiger partial charge in [0.1, 0.15) is 5.52 Å². The van der Waals surface area contributed by atoms with Gasteiger partial charge >= 0.3 is 5.69 Å². The molecule has 0 saturated heterocycles. The molecule has 122 valence electrons. The summed E-state index contributed by atoms with van der Waals surface area (Å²) in [5, 5.41) is 0.322. The van der Waals surface area contributed by atoms with Crippen molar-refractivity contribution in [1.82, 2.24) is 24.5 Å². The highest BCUT2D eigenvalue weighted by molar-refractivity contribution is 7.85. The third-order valence-corrected chi connectivity index (χ3v) is 3.72. The van der Waals surface area contributed by atoms with Crippen LogP contribution in [0.2, 0.25) is 0 Å². The maximum atomic E-state index is 12.1. The molecule has 3 heterocycles. The Kier molecular flexibility index (Phi) is 5.22. The number of nitrogens with zero attached hydrogens (tertiary/aromatic N) is 4. The van der Waals surface area contributed by atoms with E-state index in [0.717, 1.165) is 5.56 Å². The smallest absolute Gasteiger partial charge is 0.328 e. The molecule has 0 bridgehead atoms. The number of nitrogens with one attached hydrogen (secondary N) is 2. The third-order valence-electron chi connectivity index (χ3n) is 2.99. The number of imidazole rings is 1. The molecule has 0 fully saturated rings. The highest BCUT2D eigenvalue weighted by atomic mass is 32.2. The number of anilines is 1. The van der Waals surface area contributed by atoms with Gasteiger partial charge in [-0.15, -0.1) is 0 Å². The molecule has 4 N–H and O–H groups in total. The third kappa shape index (κ3) is 3.45. The Labute approximate surface area is 135 Å². The first-order valence-electron chi connectivity index (χ1n) is 7.08. The maximum absolute atomic E-state index is 12.1. The molecule has 23 heavy (non-hydrogen) atoms. The van der Waals surface area contributed by atoms with E-state index in [9.17, 15) is 4.79 Å². The molecule has 3 rings (SSSR count). The number of aromatic amines is 1. The summed E-state index contributed by atoms with van der Waals surface area (Å²) in [6.07, 6.45) is 5.01. The van der Waals surface area contributed by atoms with Crippen LogP contribution in [0.5, 0.6) is 0 Å². The average Bonchev–Trinajstić information content (AvgIpc) is 2.87. The van der Waals surface area contributed by atoms with Gasteiger partial charge in [0.05, 0.1) is 6.54 Å². The number of hydrogen-bond donors (Lipinski definition) is 3. The van der Waals surface area contributed by atoms with Crippen LogP contribution in [0.15, 0.2) is 34.5 Å². The van der Waals surface area contributed by atoms with Crippen molar-refractivity contribution in [3.8, 4) is 0 Å². The summed E-state index contributed by atoms with van der Waals surface area (Å²) in [5.41, 5.74) is 7.29. The van der Waals surface area contributed by atoms with Gasteiger partial charge in [-0.2, -0.15) is 0 Å². The van der Waals surface area contributed by atoms with Gasteiger partial charge in [0, 0.05) is 12.4 Å². The van der Waals surface area contributed by atoms with Crippen molar-refractivity contribution in [3.05, 3.63) is 40.6 Å². The summed E-state index contributed by atoms with van der Waals surface area (Å²) in [6.45, 7) is 4.35. The number of nitrogen functional groups attached to an aromatic ring is 1. The number of H-pyrrole nitrogens is 1. The first-order chi connectivity index (χ1) is 11.1. The molecule has 0 saturated carbocycles. The molecule has 0 aliphatic heterocycles. The minimum absolute atomic E-state index is 0.187. The highest BCUT2D eigenvalue weighted by Gasteiger charge is 2.14. The molecular formula is C14H19N7OS. The van der Waals surface area contributed by atoms with Crippen molar-refractivity contribution >= 4 is 27.7 Å². The van der Waals surface area contributed by atoms with Crippen LogP contribution in [0, 0.1) is 4.78 Å². The molecule has 8 nitrogen and oxygen atoms in total. The van der Waals surface area contributed by atoms with Crippen molar-refractivity contribution in [2.75, 3.05) is 12.0 Å². The van der Waals surface area contributed by atoms with Crippen LogP contribution in [-0.4, -0.2) is 30.8 Å². The first-order valence-corrected chi connectivity index (χ1v) is 8.71. The molecule has 0 aliphatic rings. The van der Waals surface area contributed by atoms with Crippen LogP contribution in [0.1, 0.15) is 19.4 Å². The van der Waals surface area contributed by atoms with Crippen molar-refractivity contribution in [3.63, 3.8) is 0 Å². The monoisotopic (exact) mass is 333 g/mol. The molecule has 3 aromatic heterocycles. The average molecular weight is 333 g/mol. The molecule has 1 atom stereocenters. The zero-order chi connectivity index (χ0) is 17.0. The van der Waals surface area contributed by atoms with E-state index in [0.29, 0.717) is 22.9 Å². The Bertz CT molecular complexity index is 885. The van der Waals surface area contributed by atoms with E-state index in [2.05, 4.69) is 19.9 Å². The van der Waals surface area contributed by atoms with Gasteiger partial charge in [0.25, 0.3) is 0 Å². The second kappa shape index (κ2) is 7.14. The van der Waals surface area contributed by atoms with Gasteiger partial charge in [0.2, 0.25) is 5.16 Å². The minimum atomic E-state index is -0.882. The molecular weight excluding hydrogens is 314 g/mol. The van der Waals surface area contributed by atoms with Crippen LogP contribution in [0.4, 0.5) is 5.82 Å². The minimum Gasteiger partial charge on any atom is -0.382 e. The fourth-order valence-electron chi connectivity index (χ4n) is 1.99. The normalized spacial score (nSPS) is 11.8. The zero-order valence-electron chi connectivity index (χ0n) is 13.2. The first kappa shape index (κ1) is 16.8. The fourth-order valence-corrected chi connectivity index (χ4v) is 2.44. The molecule has 1 unspecified atom stereocenters. The fraction of sp³-hybridized carbons (Fsp3) is 0.286. The Balaban J connectivity index is 0.000000924. The van der Waals surface area contributed by atoms with E-state index in [1.54, 1.807) is 18.6 Å². The number of nitrogens with two attached hydrogens (primary N) is 1. The van der Waals surface area contributed by atoms with Crippen molar-refractivity contribution in [2.45, 2.75) is 25.5 Å². The van der Waals surface area contributed by atoms with Crippen LogP contribution < -0.4 is 11.4 Å². The Morgan fingerprint density at radius 3 is 2.57 bits per heavy atom. The standard InChI is InChI=1S/C12H13N7OS.C2H6/c1-21(14)11-17-9(13)8-10(18-11)19(12(20)16-8)6-7-2-4-15-5-3-7;1-2/h2-5,14H,6H2,1H3,(H,16,20)(H2,13,17,18);1-2H3. The van der Waals surface area contributed by atoms with E-state index < -0.39 is 10.7 Å². The lowest BCUT2D eigenvalue weighted by atomic mass is 10.3. The van der Waals surface area contributed by atoms with E-state index >= 15 is 0 Å². The second-order valence-corrected chi connectivity index (χ2v) is 5.86. The Morgan fingerprint density at radius 2 is 1.96 bits per heavy atom. The topological polar surface area (TPSA) is 126 Å². The van der Waals surface area contributed by atoms with Gasteiger partial charge in [-0.05, 0) is 34.6 Å². The molecule has 9 heteroatoms. The van der Waals surface area contributed by atoms with Crippen LogP contribution in [0.25, 0.3) is 11.2 Å². The lowest BCUT2D eigenvalue weighted by molar-refractivity contribution is 0.770. The van der Waals surface area contributed by atoms with Crippen LogP contribution >= 0.6 is 0 Å². The predicted octanol–water partition coefficient (Wildman–Crippen LogP) is 1.54. The lowest BCUT2D eigenvalue weighted by Crippen LogP contribution is -2.18. The molecule has 0 radical (unpaired) electrons. The number of rotatable bonds is 3. The van der Waals surface area contributed by atoms with Gasteiger partial charge in [-0.1, -0.05) is 13.8 Å². The summed E-state index contributed by atoms with van der Waals surface area (Å²) in [5.74, 6) is 0.187. The van der Waals surface area contributed by atoms with Crippen LogP contribution in [-0.2, 0) is 17.2 Å². The van der Waals surface area contributed by atoms with Gasteiger partial charge in [0.15, 0.2) is 11.5 Å². The molecule has 0 spiro atoms. The van der Waals surface area contributed by atoms with E-state index in [1.807, 2.05) is 26.0 Å². The lowest BCUT2D eigenvalue weighted by Gasteiger charge is -2.05. The molecule has 0 aromatic carbocycles. The van der Waals surface area contributed by atoms with Gasteiger partial charge < -0.3 is 10.7 Å². The van der Waals surface area contributed by atoms with Gasteiger partial charge in [-0.3, -0.25) is 14.3 Å². The van der Waals surface area contributed by atoms with Crippen LogP contribution in [0.3, 0.4) is 0 Å². The number of hydrogen-bond acceptors (Lipinski definition) is 6. The summed E-state index contributed by atoms with van der Waals surface area (Å²) in [6, 6.07) is 3.65. The number of pyridine rings is 1. The van der Waals surface area contributed by atoms with Crippen molar-refractivity contribution < 1.29 is 0 Å². The van der Waals surface area contributed by atoms with E-state index in [-0.39, 0.29) is 11.5 Å². The van der Waals surface area contributed by atoms with Gasteiger partial charge in [-0.25, -0.2) is 14.8 Å². The maximum Gasteiger partial charge on any atom is 0.328 e. The number of fused-ring (bicyclic) bond motifs is 1. The summed E-state index contributed by atoms with van der Waals surface area (Å²) in [7, 11) is -0.882. The largest absolute Gasteiger partial charge is 0.382 e. The summed E-state index contributed by atoms with van der Waals surface area (Å²) >= 11 is 0.